The normalized spacial score (nSPS) is 35.7. The van der Waals surface area contributed by atoms with E-state index in [1.165, 1.54) is 0 Å². The topological polar surface area (TPSA) is 93.1 Å². The van der Waals surface area contributed by atoms with Crippen molar-refractivity contribution in [3.8, 4) is 0 Å². The van der Waals surface area contributed by atoms with E-state index in [2.05, 4.69) is 13.2 Å². The number of rotatable bonds is 2. The molecule has 0 aromatic rings. The maximum Gasteiger partial charge on any atom is 0.334 e. The zero-order chi connectivity index (χ0) is 18.9. The molecule has 2 rings (SSSR count). The minimum absolute atomic E-state index is 0.0816. The van der Waals surface area contributed by atoms with E-state index < -0.39 is 42.3 Å². The van der Waals surface area contributed by atoms with E-state index in [0.29, 0.717) is 11.1 Å². The summed E-state index contributed by atoms with van der Waals surface area (Å²) in [5.74, 6) is -1.88. The van der Waals surface area contributed by atoms with Gasteiger partial charge in [-0.05, 0) is 24.1 Å². The molecule has 6 heteroatoms. The van der Waals surface area contributed by atoms with Crippen LogP contribution in [0.4, 0.5) is 0 Å². The number of aliphatic hydroxyl groups excluding tert-OH is 2. The number of carbonyl (C=O) groups is 2. The summed E-state index contributed by atoms with van der Waals surface area (Å²) in [5.41, 5.74) is 1.22. The zero-order valence-corrected chi connectivity index (χ0v) is 14.9. The van der Waals surface area contributed by atoms with Gasteiger partial charge in [-0.2, -0.15) is 0 Å². The molecule has 0 radical (unpaired) electrons. The quantitative estimate of drug-likeness (QED) is 0.447. The summed E-state index contributed by atoms with van der Waals surface area (Å²) >= 11 is 0. The lowest BCUT2D eigenvalue weighted by Gasteiger charge is -2.30. The SMILES string of the molecule is C=C1C(=O)O[C@@H]2/C=C(\C)[C@@H](O)C[C@@H](O)C(=C)C[C@H](OC(=O)C(C)C)[C@@H]12. The molecule has 0 aromatic heterocycles. The van der Waals surface area contributed by atoms with E-state index in [1.807, 2.05) is 0 Å². The molecule has 6 nitrogen and oxygen atoms in total. The number of carbonyl (C=O) groups excluding carboxylic acids is 2. The standard InChI is InChI=1S/C19H26O6/c1-9(2)18(22)24-15-6-10(3)13(20)8-14(21)11(4)7-16-17(15)12(5)19(23)25-16/h7,9,13-17,20-21H,3,5-6,8H2,1-2,4H3/b11-7+/t13-,14+,15+,16-,17-/m1/s1. The molecule has 5 atom stereocenters. The molecule has 1 aliphatic carbocycles. The van der Waals surface area contributed by atoms with Gasteiger partial charge in [0.15, 0.2) is 0 Å². The molecule has 0 spiro atoms. The fourth-order valence-corrected chi connectivity index (χ4v) is 3.04. The highest BCUT2D eigenvalue weighted by Gasteiger charge is 2.45. The van der Waals surface area contributed by atoms with Crippen LogP contribution in [0.2, 0.25) is 0 Å². The van der Waals surface area contributed by atoms with Crippen LogP contribution in [0.5, 0.6) is 0 Å². The minimum Gasteiger partial charge on any atom is -0.461 e. The van der Waals surface area contributed by atoms with Crippen LogP contribution in [-0.4, -0.2) is 46.6 Å². The van der Waals surface area contributed by atoms with Crippen LogP contribution in [0.1, 0.15) is 33.6 Å². The number of esters is 2. The molecule has 2 N–H and O–H groups in total. The second-order valence-electron chi connectivity index (χ2n) is 7.09. The Morgan fingerprint density at radius 2 is 1.96 bits per heavy atom. The summed E-state index contributed by atoms with van der Waals surface area (Å²) in [6.45, 7) is 12.8. The fraction of sp³-hybridized carbons (Fsp3) is 0.579. The summed E-state index contributed by atoms with van der Waals surface area (Å²) < 4.78 is 11.0. The van der Waals surface area contributed by atoms with Gasteiger partial charge in [-0.1, -0.05) is 27.0 Å². The summed E-state index contributed by atoms with van der Waals surface area (Å²) in [5, 5.41) is 20.5. The van der Waals surface area contributed by atoms with Gasteiger partial charge in [0, 0.05) is 18.4 Å². The van der Waals surface area contributed by atoms with E-state index in [4.69, 9.17) is 9.47 Å². The van der Waals surface area contributed by atoms with Crippen molar-refractivity contribution in [3.63, 3.8) is 0 Å². The third-order valence-electron chi connectivity index (χ3n) is 4.74. The first-order chi connectivity index (χ1) is 11.6. The summed E-state index contributed by atoms with van der Waals surface area (Å²) in [7, 11) is 0. The van der Waals surface area contributed by atoms with Gasteiger partial charge in [0.25, 0.3) is 0 Å². The maximum atomic E-state index is 12.1. The lowest BCUT2D eigenvalue weighted by atomic mass is 9.83. The van der Waals surface area contributed by atoms with Crippen LogP contribution in [0.25, 0.3) is 0 Å². The lowest BCUT2D eigenvalue weighted by molar-refractivity contribution is -0.155. The highest BCUT2D eigenvalue weighted by molar-refractivity contribution is 5.91. The van der Waals surface area contributed by atoms with Crippen molar-refractivity contribution in [2.75, 3.05) is 0 Å². The molecule has 0 bridgehead atoms. The summed E-state index contributed by atoms with van der Waals surface area (Å²) in [6, 6.07) is 0. The third kappa shape index (κ3) is 4.19. The molecule has 0 aromatic carbocycles. The molecule has 0 saturated carbocycles. The van der Waals surface area contributed by atoms with E-state index in [-0.39, 0.29) is 24.3 Å². The Morgan fingerprint density at radius 1 is 1.32 bits per heavy atom. The van der Waals surface area contributed by atoms with E-state index in [9.17, 15) is 19.8 Å². The molecule has 0 amide bonds. The van der Waals surface area contributed by atoms with Gasteiger partial charge in [-0.3, -0.25) is 4.79 Å². The monoisotopic (exact) mass is 350 g/mol. The van der Waals surface area contributed by atoms with Gasteiger partial charge >= 0.3 is 11.9 Å². The molecule has 2 aliphatic rings. The van der Waals surface area contributed by atoms with Gasteiger partial charge in [-0.15, -0.1) is 0 Å². The van der Waals surface area contributed by atoms with Crippen LogP contribution in [-0.2, 0) is 19.1 Å². The molecule has 138 valence electrons. The Bertz CT molecular complexity index is 617. The van der Waals surface area contributed by atoms with Crippen molar-refractivity contribution >= 4 is 11.9 Å². The van der Waals surface area contributed by atoms with Gasteiger partial charge in [0.1, 0.15) is 12.2 Å². The van der Waals surface area contributed by atoms with Gasteiger partial charge < -0.3 is 19.7 Å². The predicted octanol–water partition coefficient (Wildman–Crippen LogP) is 1.67. The number of hydrogen-bond donors (Lipinski definition) is 2. The van der Waals surface area contributed by atoms with Crippen molar-refractivity contribution < 1.29 is 29.3 Å². The Morgan fingerprint density at radius 3 is 2.56 bits per heavy atom. The first kappa shape index (κ1) is 19.4. The summed E-state index contributed by atoms with van der Waals surface area (Å²) in [6.07, 6.45) is -1.34. The summed E-state index contributed by atoms with van der Waals surface area (Å²) in [4.78, 5) is 24.1. The molecular formula is C19H26O6. The van der Waals surface area contributed by atoms with Gasteiger partial charge in [0.05, 0.1) is 24.0 Å². The Kier molecular flexibility index (Phi) is 5.85. The minimum atomic E-state index is -0.943. The molecule has 1 saturated heterocycles. The molecule has 25 heavy (non-hydrogen) atoms. The van der Waals surface area contributed by atoms with E-state index in [0.717, 1.165) is 0 Å². The Labute approximate surface area is 147 Å². The Hall–Kier alpha value is -1.92. The number of fused-ring (bicyclic) bond motifs is 1. The van der Waals surface area contributed by atoms with Crippen molar-refractivity contribution in [3.05, 3.63) is 36.0 Å². The Balaban J connectivity index is 2.43. The smallest absolute Gasteiger partial charge is 0.334 e. The van der Waals surface area contributed by atoms with Crippen LogP contribution >= 0.6 is 0 Å². The van der Waals surface area contributed by atoms with Gasteiger partial charge in [0.2, 0.25) is 0 Å². The molecule has 1 aliphatic heterocycles. The van der Waals surface area contributed by atoms with Crippen LogP contribution in [0, 0.1) is 11.8 Å². The molecule has 1 fully saturated rings. The van der Waals surface area contributed by atoms with E-state index >= 15 is 0 Å². The van der Waals surface area contributed by atoms with Crippen LogP contribution in [0.3, 0.4) is 0 Å². The maximum absolute atomic E-state index is 12.1. The second kappa shape index (κ2) is 7.54. The van der Waals surface area contributed by atoms with Crippen LogP contribution < -0.4 is 0 Å². The number of aliphatic hydroxyl groups is 2. The predicted molar refractivity (Wildman–Crippen MR) is 91.4 cm³/mol. The fourth-order valence-electron chi connectivity index (χ4n) is 3.04. The first-order valence-corrected chi connectivity index (χ1v) is 8.44. The highest BCUT2D eigenvalue weighted by atomic mass is 16.6. The molecule has 0 unspecified atom stereocenters. The van der Waals surface area contributed by atoms with Crippen LogP contribution in [0.15, 0.2) is 36.0 Å². The van der Waals surface area contributed by atoms with E-state index in [1.54, 1.807) is 26.8 Å². The molecular weight excluding hydrogens is 324 g/mol. The van der Waals surface area contributed by atoms with Crippen molar-refractivity contribution in [2.45, 2.75) is 58.0 Å². The average Bonchev–Trinajstić information content (AvgIpc) is 2.79. The second-order valence-corrected chi connectivity index (χ2v) is 7.09. The third-order valence-corrected chi connectivity index (χ3v) is 4.74. The zero-order valence-electron chi connectivity index (χ0n) is 14.9. The van der Waals surface area contributed by atoms with Crippen molar-refractivity contribution in [1.29, 1.82) is 0 Å². The lowest BCUT2D eigenvalue weighted by Crippen LogP contribution is -2.36. The largest absolute Gasteiger partial charge is 0.461 e. The highest BCUT2D eigenvalue weighted by Crippen LogP contribution is 2.37. The number of ether oxygens (including phenoxy) is 2. The average molecular weight is 350 g/mol. The first-order valence-electron chi connectivity index (χ1n) is 8.44. The van der Waals surface area contributed by atoms with Crippen molar-refractivity contribution in [2.24, 2.45) is 11.8 Å². The number of hydrogen-bond acceptors (Lipinski definition) is 6. The van der Waals surface area contributed by atoms with Crippen molar-refractivity contribution in [1.82, 2.24) is 0 Å². The van der Waals surface area contributed by atoms with Gasteiger partial charge in [-0.25, -0.2) is 4.79 Å². The molecule has 1 heterocycles.